The first-order valence-corrected chi connectivity index (χ1v) is 22.8. The third-order valence-electron chi connectivity index (χ3n) is 12.6. The number of piperidine rings is 1. The Kier molecular flexibility index (Phi) is 15.5. The third-order valence-corrected chi connectivity index (χ3v) is 13.0. The average molecular weight is 877 g/mol. The summed E-state index contributed by atoms with van der Waals surface area (Å²) in [5, 5.41) is 17.9. The maximum absolute atomic E-state index is 12.1. The number of aldehydes is 1. The monoisotopic (exact) mass is 875 g/mol. The van der Waals surface area contributed by atoms with Gasteiger partial charge in [-0.1, -0.05) is 43.0 Å². The van der Waals surface area contributed by atoms with Crippen molar-refractivity contribution >= 4 is 58.3 Å². The van der Waals surface area contributed by atoms with Crippen LogP contribution in [0.1, 0.15) is 84.7 Å². The van der Waals surface area contributed by atoms with Crippen LogP contribution in [-0.4, -0.2) is 117 Å². The number of amides is 2. The Morgan fingerprint density at radius 1 is 0.905 bits per heavy atom. The van der Waals surface area contributed by atoms with Gasteiger partial charge in [-0.3, -0.25) is 24.9 Å². The fraction of sp³-hybridized carbons (Fsp3) is 0.458. The molecule has 0 spiro atoms. The zero-order valence-electron chi connectivity index (χ0n) is 36.9. The summed E-state index contributed by atoms with van der Waals surface area (Å²) < 4.78 is 0. The Hall–Kier alpha value is -5.73. The second kappa shape index (κ2) is 21.6. The minimum absolute atomic E-state index is 0.0806. The van der Waals surface area contributed by atoms with E-state index in [4.69, 9.17) is 22.0 Å². The fourth-order valence-electron chi connectivity index (χ4n) is 8.68. The van der Waals surface area contributed by atoms with E-state index in [9.17, 15) is 14.4 Å². The first-order chi connectivity index (χ1) is 30.7. The largest absolute Gasteiger partial charge is 0.385 e. The van der Waals surface area contributed by atoms with Crippen LogP contribution in [0.4, 0.5) is 17.1 Å². The van der Waals surface area contributed by atoms with Gasteiger partial charge in [0.05, 0.1) is 23.8 Å². The van der Waals surface area contributed by atoms with E-state index in [1.165, 1.54) is 37.4 Å². The van der Waals surface area contributed by atoms with Crippen molar-refractivity contribution in [1.29, 1.82) is 5.41 Å². The molecule has 334 valence electrons. The van der Waals surface area contributed by atoms with E-state index in [1.54, 1.807) is 27.2 Å². The number of nitrogens with one attached hydrogen (secondary N) is 5. The van der Waals surface area contributed by atoms with Gasteiger partial charge >= 0.3 is 0 Å². The van der Waals surface area contributed by atoms with Crippen molar-refractivity contribution in [1.82, 2.24) is 35.8 Å². The summed E-state index contributed by atoms with van der Waals surface area (Å²) in [6, 6.07) is 14.5. The van der Waals surface area contributed by atoms with Crippen molar-refractivity contribution in [3.8, 4) is 11.1 Å². The highest BCUT2D eigenvalue weighted by Gasteiger charge is 2.27. The summed E-state index contributed by atoms with van der Waals surface area (Å²) in [5.41, 5.74) is 8.42. The normalized spacial score (nSPS) is 17.0. The molecule has 14 nitrogen and oxygen atoms in total. The summed E-state index contributed by atoms with van der Waals surface area (Å²) in [4.78, 5) is 57.3. The number of amidine groups is 1. The highest BCUT2D eigenvalue weighted by Crippen LogP contribution is 2.38. The quantitative estimate of drug-likeness (QED) is 0.0507. The number of piperazine rings is 1. The maximum atomic E-state index is 12.1. The molecule has 5 heterocycles. The zero-order chi connectivity index (χ0) is 44.3. The lowest BCUT2D eigenvalue weighted by Gasteiger charge is -2.38. The lowest BCUT2D eigenvalue weighted by molar-refractivity contribution is -0.120. The predicted molar refractivity (Wildman–Crippen MR) is 253 cm³/mol. The Morgan fingerprint density at radius 3 is 2.37 bits per heavy atom. The van der Waals surface area contributed by atoms with Gasteiger partial charge in [0.2, 0.25) is 5.91 Å². The number of carbonyl (C=O) groups excluding carboxylic acids is 3. The van der Waals surface area contributed by atoms with E-state index in [0.29, 0.717) is 47.0 Å². The Morgan fingerprint density at radius 2 is 1.67 bits per heavy atom. The van der Waals surface area contributed by atoms with Crippen molar-refractivity contribution in [2.24, 2.45) is 5.92 Å². The van der Waals surface area contributed by atoms with Crippen LogP contribution in [0.5, 0.6) is 0 Å². The molecule has 1 atom stereocenters. The highest BCUT2D eigenvalue weighted by atomic mass is 35.5. The summed E-state index contributed by atoms with van der Waals surface area (Å²) >= 11 is 6.53. The number of hydrogen-bond acceptors (Lipinski definition) is 10. The molecule has 3 aliphatic heterocycles. The smallest absolute Gasteiger partial charge is 0.269 e. The number of nitrogens with zero attached hydrogens (tertiary/aromatic N) is 6. The predicted octanol–water partition coefficient (Wildman–Crippen LogP) is 6.49. The molecule has 1 saturated carbocycles. The molecule has 8 rings (SSSR count). The van der Waals surface area contributed by atoms with Gasteiger partial charge in [0.25, 0.3) is 5.91 Å². The first-order valence-electron chi connectivity index (χ1n) is 22.5. The van der Waals surface area contributed by atoms with Crippen molar-refractivity contribution in [2.45, 2.75) is 63.7 Å². The molecule has 5 N–H and O–H groups in total. The average Bonchev–Trinajstić information content (AvgIpc) is 4.02. The molecule has 3 fully saturated rings. The van der Waals surface area contributed by atoms with Gasteiger partial charge in [-0.05, 0) is 91.6 Å². The molecule has 2 saturated heterocycles. The standard InChI is InChI=1S/C45H56ClN11O3.C3H6/c1-48-39(44-52-28-40(53-44)45(60)50-3)25-42(47)57-18-14-36-35(5-4-6-41(36)57)32-23-34(27-51-26-32)56-21-19-54(20-22-56)15-11-30-12-16-55(17-13-30)33-8-9-38(46)37(24-33)31(29-58)7-10-43(59)49-2;1-2-3-1/h4-6,8-9,23-31,47-48H,7,10-22H2,1-3H3,(H,49,59)(H,50,60)(H,52,53);1-3H2/b39-25+,47-42?;. The number of halogens is 1. The third kappa shape index (κ3) is 11.5. The fourth-order valence-corrected chi connectivity index (χ4v) is 8.94. The minimum atomic E-state index is -0.406. The second-order valence-electron chi connectivity index (χ2n) is 16.8. The van der Waals surface area contributed by atoms with Gasteiger partial charge in [-0.25, -0.2) is 4.98 Å². The Balaban J connectivity index is 0.00000190. The van der Waals surface area contributed by atoms with Gasteiger partial charge in [0, 0.05) is 114 Å². The SMILES string of the molecule is C1CC1.CNC(=O)CCC(C=O)c1cc(N2CCC(CCN3CCN(c4cncc(-c5cccc6c5CCN6C(=N)/C=C(/NC)c5ncc(C(=O)NC)[nH]5)c4)CC3)CC2)ccc1Cl. The number of aromatic nitrogens is 3. The molecule has 15 heteroatoms. The number of rotatable bonds is 15. The van der Waals surface area contributed by atoms with Crippen molar-refractivity contribution in [3.05, 3.63) is 94.8 Å². The van der Waals surface area contributed by atoms with E-state index in [-0.39, 0.29) is 18.2 Å². The van der Waals surface area contributed by atoms with E-state index in [2.05, 4.69) is 64.9 Å². The molecular formula is C48H62ClN11O3. The topological polar surface area (TPSA) is 166 Å². The molecule has 4 aliphatic rings. The van der Waals surface area contributed by atoms with Crippen LogP contribution < -0.4 is 30.7 Å². The highest BCUT2D eigenvalue weighted by molar-refractivity contribution is 6.31. The number of fused-ring (bicyclic) bond motifs is 1. The van der Waals surface area contributed by atoms with Crippen LogP contribution in [0.3, 0.4) is 0 Å². The summed E-state index contributed by atoms with van der Waals surface area (Å²) in [6.45, 7) is 7.65. The molecule has 0 bridgehead atoms. The summed E-state index contributed by atoms with van der Waals surface area (Å²) in [5.74, 6) is 0.758. The van der Waals surface area contributed by atoms with Crippen molar-refractivity contribution in [2.75, 3.05) is 88.2 Å². The molecule has 0 radical (unpaired) electrons. The van der Waals surface area contributed by atoms with E-state index >= 15 is 0 Å². The van der Waals surface area contributed by atoms with Crippen LogP contribution in [0, 0.1) is 11.3 Å². The van der Waals surface area contributed by atoms with E-state index in [1.807, 2.05) is 35.5 Å². The molecule has 1 aliphatic carbocycles. The molecular weight excluding hydrogens is 814 g/mol. The van der Waals surface area contributed by atoms with Gasteiger partial charge in [-0.15, -0.1) is 0 Å². The van der Waals surface area contributed by atoms with Gasteiger partial charge in [0.1, 0.15) is 17.8 Å². The molecule has 2 aromatic heterocycles. The number of hydrogen-bond donors (Lipinski definition) is 5. The van der Waals surface area contributed by atoms with Gasteiger partial charge in [-0.2, -0.15) is 0 Å². The number of pyridine rings is 1. The van der Waals surface area contributed by atoms with Crippen molar-refractivity contribution in [3.63, 3.8) is 0 Å². The second-order valence-corrected chi connectivity index (χ2v) is 17.2. The number of imidazole rings is 1. The minimum Gasteiger partial charge on any atom is -0.385 e. The zero-order valence-corrected chi connectivity index (χ0v) is 37.6. The van der Waals surface area contributed by atoms with Gasteiger partial charge < -0.3 is 40.4 Å². The molecule has 4 aromatic rings. The van der Waals surface area contributed by atoms with Crippen LogP contribution in [0.2, 0.25) is 5.02 Å². The first kappa shape index (κ1) is 45.3. The number of anilines is 3. The van der Waals surface area contributed by atoms with E-state index in [0.717, 1.165) is 105 Å². The van der Waals surface area contributed by atoms with Gasteiger partial charge in [0.15, 0.2) is 5.82 Å². The van der Waals surface area contributed by atoms with Crippen LogP contribution in [0.15, 0.2) is 67.1 Å². The van der Waals surface area contributed by atoms with Crippen LogP contribution in [0.25, 0.3) is 16.8 Å². The Labute approximate surface area is 376 Å². The molecule has 2 aromatic carbocycles. The summed E-state index contributed by atoms with van der Waals surface area (Å²) in [6.07, 6.45) is 17.5. The summed E-state index contributed by atoms with van der Waals surface area (Å²) in [7, 11) is 4.95. The van der Waals surface area contributed by atoms with Crippen LogP contribution >= 0.6 is 11.6 Å². The number of H-pyrrole nitrogens is 1. The maximum Gasteiger partial charge on any atom is 0.269 e. The number of aromatic amines is 1. The lowest BCUT2D eigenvalue weighted by Crippen LogP contribution is -2.47. The number of carbonyl (C=O) groups is 3. The van der Waals surface area contributed by atoms with Crippen LogP contribution in [-0.2, 0) is 16.0 Å². The van der Waals surface area contributed by atoms with E-state index < -0.39 is 5.92 Å². The Bertz CT molecular complexity index is 2260. The molecule has 1 unspecified atom stereocenters. The van der Waals surface area contributed by atoms with Crippen molar-refractivity contribution < 1.29 is 14.4 Å². The molecule has 2 amide bonds. The number of benzene rings is 2. The lowest BCUT2D eigenvalue weighted by atomic mass is 9.91. The molecule has 63 heavy (non-hydrogen) atoms.